The molecular weight excluding hydrogens is 460 g/mol. The van der Waals surface area contributed by atoms with Crippen molar-refractivity contribution in [3.63, 3.8) is 0 Å². The molecule has 1 heterocycles. The van der Waals surface area contributed by atoms with Crippen LogP contribution in [0.3, 0.4) is 0 Å². The van der Waals surface area contributed by atoms with Gasteiger partial charge in [0.25, 0.3) is 5.91 Å². The van der Waals surface area contributed by atoms with Gasteiger partial charge in [0.1, 0.15) is 23.4 Å². The summed E-state index contributed by atoms with van der Waals surface area (Å²) in [5, 5.41) is 6.98. The molecule has 1 aromatic heterocycles. The lowest BCUT2D eigenvalue weighted by atomic mass is 10.2. The molecule has 1 saturated carbocycles. The average Bonchev–Trinajstić information content (AvgIpc) is 3.57. The number of anilines is 2. The summed E-state index contributed by atoms with van der Waals surface area (Å²) >= 11 is 0. The highest BCUT2D eigenvalue weighted by atomic mass is 16.5. The molecule has 0 bridgehead atoms. The second kappa shape index (κ2) is 11.3. The average molecular weight is 493 g/mol. The zero-order valence-electron chi connectivity index (χ0n) is 21.1. The van der Waals surface area contributed by atoms with Crippen molar-refractivity contribution in [1.82, 2.24) is 9.78 Å². The van der Waals surface area contributed by atoms with Gasteiger partial charge in [-0.25, -0.2) is 0 Å². The van der Waals surface area contributed by atoms with E-state index in [1.54, 1.807) is 61.1 Å². The number of rotatable bonds is 11. The van der Waals surface area contributed by atoms with Crippen molar-refractivity contribution in [3.05, 3.63) is 60.3 Å². The topological polar surface area (TPSA) is 94.9 Å². The largest absolute Gasteiger partial charge is 0.488 e. The molecule has 36 heavy (non-hydrogen) atoms. The van der Waals surface area contributed by atoms with Gasteiger partial charge in [0, 0.05) is 57.2 Å². The Morgan fingerprint density at radius 3 is 2.44 bits per heavy atom. The van der Waals surface area contributed by atoms with Crippen LogP contribution in [0.4, 0.5) is 11.5 Å². The van der Waals surface area contributed by atoms with Crippen LogP contribution in [0.2, 0.25) is 0 Å². The van der Waals surface area contributed by atoms with Gasteiger partial charge in [-0.1, -0.05) is 0 Å². The van der Waals surface area contributed by atoms with Crippen LogP contribution in [0.15, 0.2) is 54.7 Å². The van der Waals surface area contributed by atoms with E-state index in [4.69, 9.17) is 14.2 Å². The van der Waals surface area contributed by atoms with Crippen molar-refractivity contribution in [1.29, 1.82) is 0 Å². The summed E-state index contributed by atoms with van der Waals surface area (Å²) in [5.41, 5.74) is 1.20. The molecule has 0 radical (unpaired) electrons. The highest BCUT2D eigenvalue weighted by Crippen LogP contribution is 2.33. The summed E-state index contributed by atoms with van der Waals surface area (Å²) in [6, 6.07) is 14.1. The number of hydrogen-bond donors (Lipinski definition) is 1. The van der Waals surface area contributed by atoms with Crippen LogP contribution < -0.4 is 19.7 Å². The van der Waals surface area contributed by atoms with Crippen LogP contribution in [0.25, 0.3) is 0 Å². The quantitative estimate of drug-likeness (QED) is 0.419. The molecule has 2 aromatic carbocycles. The summed E-state index contributed by atoms with van der Waals surface area (Å²) < 4.78 is 18.8. The van der Waals surface area contributed by atoms with Crippen molar-refractivity contribution >= 4 is 23.3 Å². The van der Waals surface area contributed by atoms with Gasteiger partial charge in [-0.2, -0.15) is 5.10 Å². The standard InChI is InChI=1S/C27H32N4O5/c1-18(17-34-4)35-24-13-21(27(33)28-26-11-12-30(3)29-26)14-25(15-24)36-23-9-7-22(8-10-23)31(19(2)32)16-20-5-6-20/h7-15,18,20H,5-6,16-17H2,1-4H3,(H,28,29,33)/t18-/m0/s1. The highest BCUT2D eigenvalue weighted by molar-refractivity contribution is 6.04. The molecule has 1 atom stereocenters. The second-order valence-electron chi connectivity index (χ2n) is 9.07. The summed E-state index contributed by atoms with van der Waals surface area (Å²) in [4.78, 5) is 26.9. The molecule has 0 spiro atoms. The Morgan fingerprint density at radius 1 is 1.11 bits per heavy atom. The number of carbonyl (C=O) groups excluding carboxylic acids is 2. The minimum absolute atomic E-state index is 0.0224. The van der Waals surface area contributed by atoms with Gasteiger partial charge in [0.2, 0.25) is 5.91 Å². The second-order valence-corrected chi connectivity index (χ2v) is 9.07. The van der Waals surface area contributed by atoms with Gasteiger partial charge in [0.05, 0.1) is 6.61 Å². The van der Waals surface area contributed by atoms with Crippen molar-refractivity contribution in [2.45, 2.75) is 32.8 Å². The normalized spacial score (nSPS) is 13.7. The predicted octanol–water partition coefficient (Wildman–Crippen LogP) is 4.64. The number of methoxy groups -OCH3 is 1. The maximum absolute atomic E-state index is 12.9. The number of ether oxygens (including phenoxy) is 3. The number of benzene rings is 2. The first-order valence-electron chi connectivity index (χ1n) is 12.0. The van der Waals surface area contributed by atoms with Crippen molar-refractivity contribution in [2.24, 2.45) is 13.0 Å². The Hall–Kier alpha value is -3.85. The fourth-order valence-corrected chi connectivity index (χ4v) is 3.81. The van der Waals surface area contributed by atoms with E-state index in [0.717, 1.165) is 12.2 Å². The van der Waals surface area contributed by atoms with E-state index in [1.807, 2.05) is 31.2 Å². The van der Waals surface area contributed by atoms with Crippen molar-refractivity contribution in [3.8, 4) is 17.2 Å². The van der Waals surface area contributed by atoms with E-state index in [0.29, 0.717) is 41.2 Å². The first-order valence-corrected chi connectivity index (χ1v) is 12.0. The molecule has 190 valence electrons. The molecule has 0 unspecified atom stereocenters. The Labute approximate surface area is 210 Å². The van der Waals surface area contributed by atoms with E-state index in [-0.39, 0.29) is 17.9 Å². The fourth-order valence-electron chi connectivity index (χ4n) is 3.81. The highest BCUT2D eigenvalue weighted by Gasteiger charge is 2.26. The Balaban J connectivity index is 1.54. The predicted molar refractivity (Wildman–Crippen MR) is 137 cm³/mol. The number of nitrogens with zero attached hydrogens (tertiary/aromatic N) is 3. The first-order chi connectivity index (χ1) is 17.3. The van der Waals surface area contributed by atoms with E-state index in [9.17, 15) is 9.59 Å². The first kappa shape index (κ1) is 25.2. The zero-order chi connectivity index (χ0) is 25.7. The van der Waals surface area contributed by atoms with Crippen LogP contribution in [0, 0.1) is 5.92 Å². The molecule has 9 heteroatoms. The van der Waals surface area contributed by atoms with E-state index >= 15 is 0 Å². The van der Waals surface area contributed by atoms with Crippen LogP contribution in [0.1, 0.15) is 37.0 Å². The van der Waals surface area contributed by atoms with Crippen molar-refractivity contribution in [2.75, 3.05) is 30.5 Å². The van der Waals surface area contributed by atoms with E-state index in [2.05, 4.69) is 10.4 Å². The lowest BCUT2D eigenvalue weighted by Gasteiger charge is -2.21. The molecular formula is C27H32N4O5. The lowest BCUT2D eigenvalue weighted by Crippen LogP contribution is -2.30. The number of nitrogens with one attached hydrogen (secondary N) is 1. The fraction of sp³-hybridized carbons (Fsp3) is 0.370. The third kappa shape index (κ3) is 6.85. The maximum atomic E-state index is 12.9. The molecule has 1 fully saturated rings. The molecule has 2 amide bonds. The Morgan fingerprint density at radius 2 is 1.83 bits per heavy atom. The molecule has 1 N–H and O–H groups in total. The number of hydrogen-bond acceptors (Lipinski definition) is 6. The maximum Gasteiger partial charge on any atom is 0.257 e. The molecule has 4 rings (SSSR count). The molecule has 0 saturated heterocycles. The lowest BCUT2D eigenvalue weighted by molar-refractivity contribution is -0.116. The number of aromatic nitrogens is 2. The minimum Gasteiger partial charge on any atom is -0.488 e. The van der Waals surface area contributed by atoms with E-state index < -0.39 is 0 Å². The van der Waals surface area contributed by atoms with Crippen molar-refractivity contribution < 1.29 is 23.8 Å². The summed E-state index contributed by atoms with van der Waals surface area (Å²) in [7, 11) is 3.38. The summed E-state index contributed by atoms with van der Waals surface area (Å²) in [5.74, 6) is 2.21. The van der Waals surface area contributed by atoms with Crippen LogP contribution in [-0.4, -0.2) is 48.0 Å². The molecule has 0 aliphatic heterocycles. The third-order valence-electron chi connectivity index (χ3n) is 5.74. The Kier molecular flexibility index (Phi) is 7.90. The Bertz CT molecular complexity index is 1200. The smallest absolute Gasteiger partial charge is 0.257 e. The molecule has 1 aliphatic rings. The van der Waals surface area contributed by atoms with Crippen LogP contribution in [0.5, 0.6) is 17.2 Å². The molecule has 1 aliphatic carbocycles. The van der Waals surface area contributed by atoms with Gasteiger partial charge < -0.3 is 24.4 Å². The van der Waals surface area contributed by atoms with Gasteiger partial charge >= 0.3 is 0 Å². The SMILES string of the molecule is COC[C@H](C)Oc1cc(Oc2ccc(N(CC3CC3)C(C)=O)cc2)cc(C(=O)Nc2ccn(C)n2)c1. The van der Waals surface area contributed by atoms with Crippen LogP contribution >= 0.6 is 0 Å². The van der Waals surface area contributed by atoms with Crippen LogP contribution in [-0.2, 0) is 16.6 Å². The van der Waals surface area contributed by atoms with E-state index in [1.165, 1.54) is 12.8 Å². The number of carbonyl (C=O) groups is 2. The number of amides is 2. The molecule has 9 nitrogen and oxygen atoms in total. The van der Waals surface area contributed by atoms with Gasteiger partial charge in [-0.3, -0.25) is 14.3 Å². The number of aryl methyl sites for hydroxylation is 1. The van der Waals surface area contributed by atoms with Gasteiger partial charge in [0.15, 0.2) is 5.82 Å². The summed E-state index contributed by atoms with van der Waals surface area (Å²) in [6.07, 6.45) is 3.86. The van der Waals surface area contributed by atoms with Gasteiger partial charge in [-0.05, 0) is 62.1 Å². The summed E-state index contributed by atoms with van der Waals surface area (Å²) in [6.45, 7) is 4.60. The monoisotopic (exact) mass is 492 g/mol. The third-order valence-corrected chi connectivity index (χ3v) is 5.74. The van der Waals surface area contributed by atoms with Gasteiger partial charge in [-0.15, -0.1) is 0 Å². The molecule has 3 aromatic rings. The minimum atomic E-state index is -0.337. The zero-order valence-corrected chi connectivity index (χ0v) is 21.1.